The standard InChI is InChI=1S/C21H20ClN5O3S/c1-28-16-4-3-5-17(29-2)18(16)27-19(20-23-11-12-30-20)24-25-21(27)26-31-13-10-14-6-8-15(22)9-7-14/h3-9,11-12H,10,13H2,1-2H3,(H,25,26). The van der Waals surface area contributed by atoms with Crippen molar-refractivity contribution in [3.63, 3.8) is 0 Å². The molecule has 0 spiro atoms. The molecule has 4 aromatic rings. The molecule has 1 N–H and O–H groups in total. The zero-order valence-electron chi connectivity index (χ0n) is 16.9. The van der Waals surface area contributed by atoms with Gasteiger partial charge in [0.15, 0.2) is 0 Å². The van der Waals surface area contributed by atoms with Gasteiger partial charge in [-0.05, 0) is 48.2 Å². The molecule has 2 aromatic carbocycles. The smallest absolute Gasteiger partial charge is 0.265 e. The number of halogens is 1. The second kappa shape index (κ2) is 9.76. The molecule has 0 fully saturated rings. The van der Waals surface area contributed by atoms with E-state index in [2.05, 4.69) is 19.9 Å². The Kier molecular flexibility index (Phi) is 6.63. The van der Waals surface area contributed by atoms with Crippen LogP contribution in [0.5, 0.6) is 11.5 Å². The average Bonchev–Trinajstić information content (AvgIpc) is 3.47. The molecular weight excluding hydrogens is 438 g/mol. The van der Waals surface area contributed by atoms with E-state index in [1.165, 1.54) is 23.8 Å². The van der Waals surface area contributed by atoms with Crippen LogP contribution >= 0.6 is 23.5 Å². The van der Waals surface area contributed by atoms with Crippen LogP contribution in [-0.2, 0) is 6.42 Å². The highest BCUT2D eigenvalue weighted by Gasteiger charge is 2.24. The van der Waals surface area contributed by atoms with Crippen LogP contribution in [0.2, 0.25) is 5.02 Å². The molecular formula is C21H20ClN5O3S. The highest BCUT2D eigenvalue weighted by molar-refractivity contribution is 8.00. The number of aromatic nitrogens is 4. The molecule has 0 saturated carbocycles. The number of anilines is 1. The van der Waals surface area contributed by atoms with Gasteiger partial charge in [0.2, 0.25) is 11.8 Å². The first-order valence-corrected chi connectivity index (χ1v) is 10.8. The predicted octanol–water partition coefficient (Wildman–Crippen LogP) is 4.90. The van der Waals surface area contributed by atoms with E-state index < -0.39 is 0 Å². The van der Waals surface area contributed by atoms with Crippen molar-refractivity contribution in [3.8, 4) is 28.9 Å². The number of rotatable bonds is 9. The number of nitrogens with one attached hydrogen (secondary N) is 1. The van der Waals surface area contributed by atoms with Crippen molar-refractivity contribution in [2.45, 2.75) is 6.42 Å². The van der Waals surface area contributed by atoms with Gasteiger partial charge in [-0.25, -0.2) is 9.55 Å². The molecule has 8 nitrogen and oxygen atoms in total. The lowest BCUT2D eigenvalue weighted by Gasteiger charge is -2.16. The van der Waals surface area contributed by atoms with Gasteiger partial charge in [0.25, 0.3) is 5.89 Å². The largest absolute Gasteiger partial charge is 0.494 e. The Labute approximate surface area is 188 Å². The summed E-state index contributed by atoms with van der Waals surface area (Å²) < 4.78 is 21.7. The second-order valence-electron chi connectivity index (χ2n) is 6.36. The Bertz CT molecular complexity index is 1110. The van der Waals surface area contributed by atoms with Gasteiger partial charge in [-0.3, -0.25) is 4.72 Å². The van der Waals surface area contributed by atoms with Gasteiger partial charge < -0.3 is 13.9 Å². The van der Waals surface area contributed by atoms with Crippen molar-refractivity contribution in [1.29, 1.82) is 0 Å². The third kappa shape index (κ3) is 4.62. The topological polar surface area (TPSA) is 87.2 Å². The first kappa shape index (κ1) is 21.1. The Hall–Kier alpha value is -3.17. The molecule has 0 amide bonds. The lowest BCUT2D eigenvalue weighted by atomic mass is 10.2. The molecule has 4 rings (SSSR count). The normalized spacial score (nSPS) is 10.8. The summed E-state index contributed by atoms with van der Waals surface area (Å²) >= 11 is 7.47. The summed E-state index contributed by atoms with van der Waals surface area (Å²) in [6.45, 7) is 0. The lowest BCUT2D eigenvalue weighted by Crippen LogP contribution is -2.07. The van der Waals surface area contributed by atoms with Crippen molar-refractivity contribution >= 4 is 29.5 Å². The summed E-state index contributed by atoms with van der Waals surface area (Å²) in [7, 11) is 3.20. The van der Waals surface area contributed by atoms with E-state index >= 15 is 0 Å². The molecule has 2 heterocycles. The van der Waals surface area contributed by atoms with E-state index in [0.29, 0.717) is 34.8 Å². The first-order valence-electron chi connectivity index (χ1n) is 9.40. The lowest BCUT2D eigenvalue weighted by molar-refractivity contribution is 0.391. The molecule has 0 unspecified atom stereocenters. The monoisotopic (exact) mass is 457 g/mol. The molecule has 0 atom stereocenters. The number of aryl methyl sites for hydroxylation is 1. The van der Waals surface area contributed by atoms with Crippen LogP contribution in [0.3, 0.4) is 0 Å². The fourth-order valence-electron chi connectivity index (χ4n) is 3.02. The minimum absolute atomic E-state index is 0.333. The van der Waals surface area contributed by atoms with Crippen molar-refractivity contribution in [1.82, 2.24) is 19.7 Å². The Morgan fingerprint density at radius 2 is 1.81 bits per heavy atom. The number of methoxy groups -OCH3 is 2. The van der Waals surface area contributed by atoms with E-state index in [4.69, 9.17) is 25.5 Å². The molecule has 0 radical (unpaired) electrons. The van der Waals surface area contributed by atoms with Crippen molar-refractivity contribution < 1.29 is 13.9 Å². The van der Waals surface area contributed by atoms with E-state index in [0.717, 1.165) is 17.2 Å². The summed E-state index contributed by atoms with van der Waals surface area (Å²) in [5.74, 6) is 3.26. The van der Waals surface area contributed by atoms with Crippen LogP contribution in [0.15, 0.2) is 59.3 Å². The Morgan fingerprint density at radius 1 is 1.06 bits per heavy atom. The minimum atomic E-state index is 0.333. The number of para-hydroxylation sites is 1. The van der Waals surface area contributed by atoms with E-state index in [1.54, 1.807) is 25.0 Å². The fourth-order valence-corrected chi connectivity index (χ4v) is 3.85. The van der Waals surface area contributed by atoms with Gasteiger partial charge in [-0.2, -0.15) is 0 Å². The molecule has 0 aliphatic carbocycles. The summed E-state index contributed by atoms with van der Waals surface area (Å²) in [5.41, 5.74) is 1.85. The third-order valence-corrected chi connectivity index (χ3v) is 5.47. The highest BCUT2D eigenvalue weighted by Crippen LogP contribution is 2.37. The molecule has 160 valence electrons. The molecule has 31 heavy (non-hydrogen) atoms. The van der Waals surface area contributed by atoms with Gasteiger partial charge in [0.1, 0.15) is 23.4 Å². The van der Waals surface area contributed by atoms with E-state index in [-0.39, 0.29) is 0 Å². The quantitative estimate of drug-likeness (QED) is 0.280. The summed E-state index contributed by atoms with van der Waals surface area (Å²) in [6, 6.07) is 13.4. The maximum Gasteiger partial charge on any atom is 0.265 e. The number of benzene rings is 2. The van der Waals surface area contributed by atoms with Gasteiger partial charge in [-0.1, -0.05) is 29.8 Å². The number of hydrogen-bond acceptors (Lipinski definition) is 8. The average molecular weight is 458 g/mol. The fraction of sp³-hybridized carbons (Fsp3) is 0.190. The molecule has 2 aromatic heterocycles. The predicted molar refractivity (Wildman–Crippen MR) is 121 cm³/mol. The maximum atomic E-state index is 5.95. The zero-order valence-corrected chi connectivity index (χ0v) is 18.5. The Morgan fingerprint density at radius 3 is 2.45 bits per heavy atom. The van der Waals surface area contributed by atoms with E-state index in [9.17, 15) is 0 Å². The molecule has 0 aliphatic heterocycles. The van der Waals surface area contributed by atoms with Crippen molar-refractivity contribution in [3.05, 3.63) is 65.5 Å². The van der Waals surface area contributed by atoms with Gasteiger partial charge in [-0.15, -0.1) is 10.2 Å². The Balaban J connectivity index is 1.63. The number of nitrogens with zero attached hydrogens (tertiary/aromatic N) is 4. The highest BCUT2D eigenvalue weighted by atomic mass is 35.5. The SMILES string of the molecule is COc1cccc(OC)c1-n1c(NSCCc2ccc(Cl)cc2)nnc1-c1ncco1. The number of ether oxygens (including phenoxy) is 2. The van der Waals surface area contributed by atoms with Gasteiger partial charge in [0.05, 0.1) is 20.4 Å². The van der Waals surface area contributed by atoms with Crippen molar-refractivity contribution in [2.24, 2.45) is 0 Å². The molecule has 0 saturated heterocycles. The maximum absolute atomic E-state index is 5.95. The summed E-state index contributed by atoms with van der Waals surface area (Å²) in [5, 5.41) is 9.32. The van der Waals surface area contributed by atoms with E-state index in [1.807, 2.05) is 42.5 Å². The zero-order chi connectivity index (χ0) is 21.6. The molecule has 0 aliphatic rings. The van der Waals surface area contributed by atoms with Gasteiger partial charge in [0, 0.05) is 10.8 Å². The van der Waals surface area contributed by atoms with Crippen LogP contribution in [0.25, 0.3) is 17.4 Å². The van der Waals surface area contributed by atoms with Crippen molar-refractivity contribution in [2.75, 3.05) is 24.7 Å². The van der Waals surface area contributed by atoms with Crippen LogP contribution in [-0.4, -0.2) is 39.7 Å². The summed E-state index contributed by atoms with van der Waals surface area (Å²) in [4.78, 5) is 4.22. The second-order valence-corrected chi connectivity index (χ2v) is 7.70. The van der Waals surface area contributed by atoms with Crippen LogP contribution in [0.4, 0.5) is 5.95 Å². The number of oxazole rings is 1. The molecule has 0 bridgehead atoms. The van der Waals surface area contributed by atoms with Crippen LogP contribution < -0.4 is 14.2 Å². The minimum Gasteiger partial charge on any atom is -0.494 e. The third-order valence-electron chi connectivity index (χ3n) is 4.48. The van der Waals surface area contributed by atoms with Crippen LogP contribution in [0, 0.1) is 0 Å². The van der Waals surface area contributed by atoms with Gasteiger partial charge >= 0.3 is 0 Å². The number of hydrogen-bond donors (Lipinski definition) is 1. The first-order chi connectivity index (χ1) is 15.2. The van der Waals surface area contributed by atoms with Crippen LogP contribution in [0.1, 0.15) is 5.56 Å². The molecule has 10 heteroatoms. The summed E-state index contributed by atoms with van der Waals surface area (Å²) in [6.07, 6.45) is 3.91.